The monoisotopic (exact) mass is 284 g/mol. The summed E-state index contributed by atoms with van der Waals surface area (Å²) in [5.41, 5.74) is 0.785. The summed E-state index contributed by atoms with van der Waals surface area (Å²) < 4.78 is 33.3. The smallest absolute Gasteiger partial charge is 0.274 e. The predicted octanol–water partition coefficient (Wildman–Crippen LogP) is 0.211. The Morgan fingerprint density at radius 1 is 1.37 bits per heavy atom. The number of aromatic nitrogens is 2. The fourth-order valence-electron chi connectivity index (χ4n) is 1.58. The Balaban J connectivity index is 2.04. The topological polar surface area (TPSA) is 89.2 Å². The molecule has 0 saturated carbocycles. The molecule has 0 fully saturated rings. The molecule has 0 amide bonds. The molecule has 2 N–H and O–H groups in total. The third kappa shape index (κ3) is 3.43. The number of nitrogens with one attached hydrogen (secondary N) is 2. The van der Waals surface area contributed by atoms with Gasteiger partial charge in [-0.3, -0.25) is 4.68 Å². The third-order valence-corrected chi connectivity index (χ3v) is 3.75. The zero-order valence-corrected chi connectivity index (χ0v) is 11.6. The average molecular weight is 284 g/mol. The van der Waals surface area contributed by atoms with Gasteiger partial charge in [0.05, 0.1) is 12.7 Å². The molecule has 19 heavy (non-hydrogen) atoms. The molecule has 0 bridgehead atoms. The normalized spacial score (nSPS) is 11.9. The van der Waals surface area contributed by atoms with E-state index in [-0.39, 0.29) is 11.6 Å². The number of sulfonamides is 1. The van der Waals surface area contributed by atoms with Crippen molar-refractivity contribution >= 4 is 10.0 Å². The number of furan rings is 1. The van der Waals surface area contributed by atoms with E-state index < -0.39 is 10.0 Å². The number of hydrogen-bond acceptors (Lipinski definition) is 5. The van der Waals surface area contributed by atoms with Crippen LogP contribution in [0.2, 0.25) is 0 Å². The Labute approximate surface area is 111 Å². The highest BCUT2D eigenvalue weighted by Crippen LogP contribution is 2.14. The van der Waals surface area contributed by atoms with Crippen LogP contribution in [0.25, 0.3) is 0 Å². The van der Waals surface area contributed by atoms with E-state index in [2.05, 4.69) is 15.1 Å². The second-order valence-electron chi connectivity index (χ2n) is 4.10. The van der Waals surface area contributed by atoms with Gasteiger partial charge >= 0.3 is 0 Å². The molecule has 0 saturated heterocycles. The van der Waals surface area contributed by atoms with Crippen molar-refractivity contribution < 1.29 is 12.8 Å². The van der Waals surface area contributed by atoms with Crippen LogP contribution in [0.5, 0.6) is 0 Å². The maximum Gasteiger partial charge on any atom is 0.274 e. The minimum atomic E-state index is -3.63. The lowest BCUT2D eigenvalue weighted by atomic mass is 10.4. The van der Waals surface area contributed by atoms with Crippen molar-refractivity contribution in [1.82, 2.24) is 19.8 Å². The first-order valence-corrected chi connectivity index (χ1v) is 7.20. The number of aryl methyl sites for hydroxylation is 1. The van der Waals surface area contributed by atoms with Crippen molar-refractivity contribution in [2.45, 2.75) is 18.2 Å². The van der Waals surface area contributed by atoms with E-state index in [4.69, 9.17) is 4.42 Å². The van der Waals surface area contributed by atoms with Gasteiger partial charge < -0.3 is 9.73 Å². The molecule has 0 aliphatic rings. The second kappa shape index (κ2) is 5.55. The first-order chi connectivity index (χ1) is 9.01. The molecule has 2 heterocycles. The lowest BCUT2D eigenvalue weighted by Crippen LogP contribution is -2.22. The van der Waals surface area contributed by atoms with Crippen molar-refractivity contribution in [3.05, 3.63) is 35.9 Å². The van der Waals surface area contributed by atoms with Crippen LogP contribution in [0.4, 0.5) is 0 Å². The molecule has 2 aromatic heterocycles. The Kier molecular flexibility index (Phi) is 4.03. The van der Waals surface area contributed by atoms with Gasteiger partial charge in [0, 0.05) is 25.4 Å². The third-order valence-electron chi connectivity index (χ3n) is 2.48. The summed E-state index contributed by atoms with van der Waals surface area (Å²) in [5, 5.41) is 6.78. The summed E-state index contributed by atoms with van der Waals surface area (Å²) in [5.74, 6) is 0.573. The Bertz CT molecular complexity index is 644. The van der Waals surface area contributed by atoms with Gasteiger partial charge in [-0.2, -0.15) is 5.10 Å². The molecule has 0 aliphatic carbocycles. The Hall–Kier alpha value is -1.64. The molecule has 0 atom stereocenters. The van der Waals surface area contributed by atoms with Crippen LogP contribution >= 0.6 is 0 Å². The van der Waals surface area contributed by atoms with Crippen molar-refractivity contribution in [3.63, 3.8) is 0 Å². The van der Waals surface area contributed by atoms with Gasteiger partial charge in [-0.25, -0.2) is 13.1 Å². The van der Waals surface area contributed by atoms with Gasteiger partial charge in [0.15, 0.2) is 0 Å². The lowest BCUT2D eigenvalue weighted by Gasteiger charge is -2.02. The molecule has 0 spiro atoms. The maximum absolute atomic E-state index is 12.0. The van der Waals surface area contributed by atoms with Crippen molar-refractivity contribution in [2.75, 3.05) is 7.05 Å². The average Bonchev–Trinajstić information content (AvgIpc) is 2.97. The molecule has 104 valence electrons. The largest absolute Gasteiger partial charge is 0.447 e. The van der Waals surface area contributed by atoms with Gasteiger partial charge in [0.25, 0.3) is 10.0 Å². The summed E-state index contributed by atoms with van der Waals surface area (Å²) in [6, 6.07) is 3.08. The van der Waals surface area contributed by atoms with E-state index in [1.807, 2.05) is 0 Å². The number of hydrogen-bond donors (Lipinski definition) is 2. The molecular weight excluding hydrogens is 268 g/mol. The number of nitrogens with zero attached hydrogens (tertiary/aromatic N) is 2. The first kappa shape index (κ1) is 13.8. The van der Waals surface area contributed by atoms with Gasteiger partial charge in [0.1, 0.15) is 5.76 Å². The molecule has 0 aromatic carbocycles. The summed E-state index contributed by atoms with van der Waals surface area (Å²) in [6.07, 6.45) is 3.36. The predicted molar refractivity (Wildman–Crippen MR) is 68.7 cm³/mol. The van der Waals surface area contributed by atoms with E-state index in [0.29, 0.717) is 12.3 Å². The highest BCUT2D eigenvalue weighted by molar-refractivity contribution is 7.89. The Morgan fingerprint density at radius 3 is 2.79 bits per heavy atom. The van der Waals surface area contributed by atoms with E-state index in [0.717, 1.165) is 5.56 Å². The molecule has 2 aromatic rings. The van der Waals surface area contributed by atoms with E-state index in [9.17, 15) is 8.42 Å². The molecule has 8 heteroatoms. The van der Waals surface area contributed by atoms with Gasteiger partial charge in [-0.15, -0.1) is 0 Å². The van der Waals surface area contributed by atoms with Crippen LogP contribution in [-0.4, -0.2) is 25.2 Å². The van der Waals surface area contributed by atoms with Gasteiger partial charge in [-0.05, 0) is 19.2 Å². The highest BCUT2D eigenvalue weighted by atomic mass is 32.2. The minimum Gasteiger partial charge on any atom is -0.447 e. The standard InChI is InChI=1S/C11H16N4O3S/c1-12-7-10-3-4-11(18-10)19(16,17)14-6-9-5-13-15(2)8-9/h3-5,8,12,14H,6-7H2,1-2H3. The van der Waals surface area contributed by atoms with Crippen LogP contribution in [0.1, 0.15) is 11.3 Å². The van der Waals surface area contributed by atoms with E-state index in [1.54, 1.807) is 37.2 Å². The minimum absolute atomic E-state index is 0.0818. The summed E-state index contributed by atoms with van der Waals surface area (Å²) in [4.78, 5) is 0. The van der Waals surface area contributed by atoms with Gasteiger partial charge in [0.2, 0.25) is 5.09 Å². The molecular formula is C11H16N4O3S. The van der Waals surface area contributed by atoms with Crippen molar-refractivity contribution in [1.29, 1.82) is 0 Å². The SMILES string of the molecule is CNCc1ccc(S(=O)(=O)NCc2cnn(C)c2)o1. The second-order valence-corrected chi connectivity index (χ2v) is 5.80. The molecule has 7 nitrogen and oxygen atoms in total. The molecule has 0 radical (unpaired) electrons. The summed E-state index contributed by atoms with van der Waals surface area (Å²) in [6.45, 7) is 0.663. The van der Waals surface area contributed by atoms with E-state index in [1.165, 1.54) is 6.07 Å². The van der Waals surface area contributed by atoms with E-state index >= 15 is 0 Å². The Morgan fingerprint density at radius 2 is 2.16 bits per heavy atom. The molecule has 0 unspecified atom stereocenters. The first-order valence-electron chi connectivity index (χ1n) is 5.72. The zero-order valence-electron chi connectivity index (χ0n) is 10.8. The fourth-order valence-corrected chi connectivity index (χ4v) is 2.55. The van der Waals surface area contributed by atoms with Crippen LogP contribution in [0, 0.1) is 0 Å². The fraction of sp³-hybridized carbons (Fsp3) is 0.364. The molecule has 2 rings (SSSR count). The zero-order chi connectivity index (χ0) is 13.9. The van der Waals surface area contributed by atoms with Crippen LogP contribution in [-0.2, 0) is 30.2 Å². The van der Waals surface area contributed by atoms with Crippen molar-refractivity contribution in [2.24, 2.45) is 7.05 Å². The van der Waals surface area contributed by atoms with Crippen LogP contribution in [0.15, 0.2) is 34.0 Å². The highest BCUT2D eigenvalue weighted by Gasteiger charge is 2.18. The lowest BCUT2D eigenvalue weighted by molar-refractivity contribution is 0.404. The van der Waals surface area contributed by atoms with Crippen molar-refractivity contribution in [3.8, 4) is 0 Å². The van der Waals surface area contributed by atoms with Gasteiger partial charge in [-0.1, -0.05) is 0 Å². The maximum atomic E-state index is 12.0. The quantitative estimate of drug-likeness (QED) is 0.791. The summed E-state index contributed by atoms with van der Waals surface area (Å²) >= 11 is 0. The van der Waals surface area contributed by atoms with Crippen LogP contribution < -0.4 is 10.0 Å². The van der Waals surface area contributed by atoms with Crippen LogP contribution in [0.3, 0.4) is 0 Å². The molecule has 0 aliphatic heterocycles. The number of rotatable bonds is 6. The summed E-state index contributed by atoms with van der Waals surface area (Å²) in [7, 11) is -0.0945.